The molecule has 0 aromatic carbocycles. The molecule has 7 heteroatoms. The molecule has 2 saturated heterocycles. The molecule has 2 aliphatic heterocycles. The van der Waals surface area contributed by atoms with Crippen LogP contribution >= 0.6 is 11.3 Å². The lowest BCUT2D eigenvalue weighted by Crippen LogP contribution is -2.61. The molecule has 116 valence electrons. The standard InChI is InChI=1S/C14H21N3O3S/c1-19-6-4-16-5-7-20-13-2-3-17(8-12(13)16)14(18)11-9-21-10-15-11/h9-10,12-13H,2-8H2,1H3/t12-,13-/m1/s1. The summed E-state index contributed by atoms with van der Waals surface area (Å²) in [6.45, 7) is 4.73. The lowest BCUT2D eigenvalue weighted by atomic mass is 9.98. The normalized spacial score (nSPS) is 26.6. The van der Waals surface area contributed by atoms with Crippen molar-refractivity contribution in [3.05, 3.63) is 16.6 Å². The second-order valence-electron chi connectivity index (χ2n) is 5.42. The van der Waals surface area contributed by atoms with Crippen LogP contribution in [0.2, 0.25) is 0 Å². The lowest BCUT2D eigenvalue weighted by molar-refractivity contribution is -0.101. The summed E-state index contributed by atoms with van der Waals surface area (Å²) in [6, 6.07) is 0.269. The summed E-state index contributed by atoms with van der Waals surface area (Å²) in [7, 11) is 1.72. The number of ether oxygens (including phenoxy) is 2. The number of amides is 1. The van der Waals surface area contributed by atoms with E-state index >= 15 is 0 Å². The largest absolute Gasteiger partial charge is 0.383 e. The molecule has 3 rings (SSSR count). The van der Waals surface area contributed by atoms with Gasteiger partial charge in [-0.1, -0.05) is 0 Å². The van der Waals surface area contributed by atoms with E-state index in [-0.39, 0.29) is 18.1 Å². The zero-order chi connectivity index (χ0) is 14.7. The number of nitrogens with zero attached hydrogens (tertiary/aromatic N) is 3. The van der Waals surface area contributed by atoms with Crippen LogP contribution in [0.5, 0.6) is 0 Å². The number of likely N-dealkylation sites (tertiary alicyclic amines) is 1. The molecule has 1 aromatic heterocycles. The zero-order valence-corrected chi connectivity index (χ0v) is 13.1. The molecule has 0 N–H and O–H groups in total. The molecule has 3 heterocycles. The Balaban J connectivity index is 1.66. The first-order valence-electron chi connectivity index (χ1n) is 7.31. The molecule has 0 spiro atoms. The van der Waals surface area contributed by atoms with Crippen molar-refractivity contribution in [2.24, 2.45) is 0 Å². The lowest BCUT2D eigenvalue weighted by Gasteiger charge is -2.46. The van der Waals surface area contributed by atoms with Gasteiger partial charge in [0, 0.05) is 38.7 Å². The van der Waals surface area contributed by atoms with Gasteiger partial charge in [0.05, 0.1) is 30.9 Å². The van der Waals surface area contributed by atoms with E-state index < -0.39 is 0 Å². The van der Waals surface area contributed by atoms with Crippen LogP contribution in [0.25, 0.3) is 0 Å². The summed E-state index contributed by atoms with van der Waals surface area (Å²) in [5.41, 5.74) is 2.26. The number of aromatic nitrogens is 1. The van der Waals surface area contributed by atoms with E-state index in [4.69, 9.17) is 9.47 Å². The molecule has 2 aliphatic rings. The maximum Gasteiger partial charge on any atom is 0.273 e. The van der Waals surface area contributed by atoms with Crippen molar-refractivity contribution in [3.8, 4) is 0 Å². The predicted octanol–water partition coefficient (Wildman–Crippen LogP) is 0.705. The van der Waals surface area contributed by atoms with E-state index in [2.05, 4.69) is 9.88 Å². The Hall–Kier alpha value is -1.02. The molecule has 0 saturated carbocycles. The summed E-state index contributed by atoms with van der Waals surface area (Å²) in [5.74, 6) is 0.0342. The molecule has 1 aromatic rings. The van der Waals surface area contributed by atoms with Gasteiger partial charge in [0.25, 0.3) is 5.91 Å². The second-order valence-corrected chi connectivity index (χ2v) is 6.14. The number of piperidine rings is 1. The third-order valence-corrected chi connectivity index (χ3v) is 4.81. The average Bonchev–Trinajstić information content (AvgIpc) is 3.06. The molecule has 0 aliphatic carbocycles. The molecular formula is C14H21N3O3S. The van der Waals surface area contributed by atoms with E-state index in [1.807, 2.05) is 10.3 Å². The van der Waals surface area contributed by atoms with Gasteiger partial charge in [-0.25, -0.2) is 4.98 Å². The minimum Gasteiger partial charge on any atom is -0.383 e. The van der Waals surface area contributed by atoms with Crippen LogP contribution in [-0.4, -0.2) is 79.3 Å². The Morgan fingerprint density at radius 3 is 3.24 bits per heavy atom. The van der Waals surface area contributed by atoms with Crippen molar-refractivity contribution in [2.45, 2.75) is 18.6 Å². The van der Waals surface area contributed by atoms with Crippen LogP contribution in [0.4, 0.5) is 0 Å². The Morgan fingerprint density at radius 1 is 1.57 bits per heavy atom. The van der Waals surface area contributed by atoms with Gasteiger partial charge in [0.2, 0.25) is 0 Å². The highest BCUT2D eigenvalue weighted by Gasteiger charge is 2.38. The van der Waals surface area contributed by atoms with Gasteiger partial charge in [-0.3, -0.25) is 9.69 Å². The van der Waals surface area contributed by atoms with Gasteiger partial charge in [-0.2, -0.15) is 0 Å². The van der Waals surface area contributed by atoms with Crippen molar-refractivity contribution in [2.75, 3.05) is 46.5 Å². The van der Waals surface area contributed by atoms with Crippen molar-refractivity contribution in [1.29, 1.82) is 0 Å². The number of carbonyl (C=O) groups excluding carboxylic acids is 1. The summed E-state index contributed by atoms with van der Waals surface area (Å²) in [6.07, 6.45) is 1.12. The SMILES string of the molecule is COCCN1CCO[C@@H]2CCN(C(=O)c3cscn3)C[C@H]21. The Labute approximate surface area is 128 Å². The second kappa shape index (κ2) is 6.83. The molecule has 2 fully saturated rings. The molecule has 6 nitrogen and oxygen atoms in total. The van der Waals surface area contributed by atoms with Crippen LogP contribution in [0.3, 0.4) is 0 Å². The van der Waals surface area contributed by atoms with E-state index in [1.165, 1.54) is 11.3 Å². The third-order valence-electron chi connectivity index (χ3n) is 4.22. The van der Waals surface area contributed by atoms with Gasteiger partial charge >= 0.3 is 0 Å². The van der Waals surface area contributed by atoms with Gasteiger partial charge in [0.15, 0.2) is 0 Å². The number of thiazole rings is 1. The summed E-state index contributed by atoms with van der Waals surface area (Å²) in [4.78, 5) is 20.9. The molecule has 1 amide bonds. The number of hydrogen-bond donors (Lipinski definition) is 0. The number of rotatable bonds is 4. The van der Waals surface area contributed by atoms with E-state index in [9.17, 15) is 4.79 Å². The number of methoxy groups -OCH3 is 1. The maximum absolute atomic E-state index is 12.4. The molecule has 2 atom stereocenters. The molecule has 0 radical (unpaired) electrons. The van der Waals surface area contributed by atoms with Crippen LogP contribution in [0, 0.1) is 0 Å². The fourth-order valence-corrected chi connectivity index (χ4v) is 3.62. The molecule has 0 unspecified atom stereocenters. The smallest absolute Gasteiger partial charge is 0.273 e. The minimum absolute atomic E-state index is 0.0342. The highest BCUT2D eigenvalue weighted by molar-refractivity contribution is 7.07. The number of fused-ring (bicyclic) bond motifs is 1. The van der Waals surface area contributed by atoms with Crippen LogP contribution < -0.4 is 0 Å². The summed E-state index contributed by atoms with van der Waals surface area (Å²) in [5, 5.41) is 1.81. The van der Waals surface area contributed by atoms with Crippen LogP contribution in [-0.2, 0) is 9.47 Å². The zero-order valence-electron chi connectivity index (χ0n) is 12.2. The number of carbonyl (C=O) groups is 1. The fourth-order valence-electron chi connectivity index (χ4n) is 3.09. The Bertz CT molecular complexity index is 468. The fraction of sp³-hybridized carbons (Fsp3) is 0.714. The average molecular weight is 311 g/mol. The minimum atomic E-state index is 0.0342. The van der Waals surface area contributed by atoms with Crippen LogP contribution in [0.15, 0.2) is 10.9 Å². The van der Waals surface area contributed by atoms with E-state index in [0.29, 0.717) is 18.8 Å². The van der Waals surface area contributed by atoms with Crippen LogP contribution in [0.1, 0.15) is 16.9 Å². The number of hydrogen-bond acceptors (Lipinski definition) is 6. The van der Waals surface area contributed by atoms with Gasteiger partial charge in [0.1, 0.15) is 5.69 Å². The Morgan fingerprint density at radius 2 is 2.48 bits per heavy atom. The monoisotopic (exact) mass is 311 g/mol. The van der Waals surface area contributed by atoms with Gasteiger partial charge in [-0.15, -0.1) is 11.3 Å². The molecular weight excluding hydrogens is 290 g/mol. The third kappa shape index (κ3) is 3.26. The maximum atomic E-state index is 12.4. The van der Waals surface area contributed by atoms with Crippen molar-refractivity contribution in [3.63, 3.8) is 0 Å². The topological polar surface area (TPSA) is 54.9 Å². The molecule has 0 bridgehead atoms. The van der Waals surface area contributed by atoms with Crippen molar-refractivity contribution >= 4 is 17.2 Å². The van der Waals surface area contributed by atoms with Gasteiger partial charge in [-0.05, 0) is 6.42 Å². The quantitative estimate of drug-likeness (QED) is 0.819. The predicted molar refractivity (Wildman–Crippen MR) is 79.6 cm³/mol. The first-order chi connectivity index (χ1) is 10.3. The Kier molecular flexibility index (Phi) is 4.84. The summed E-state index contributed by atoms with van der Waals surface area (Å²) < 4.78 is 11.1. The first kappa shape index (κ1) is 14.9. The first-order valence-corrected chi connectivity index (χ1v) is 8.26. The highest BCUT2D eigenvalue weighted by Crippen LogP contribution is 2.24. The van der Waals surface area contributed by atoms with Gasteiger partial charge < -0.3 is 14.4 Å². The highest BCUT2D eigenvalue weighted by atomic mass is 32.1. The van der Waals surface area contributed by atoms with Crippen molar-refractivity contribution < 1.29 is 14.3 Å². The summed E-state index contributed by atoms with van der Waals surface area (Å²) >= 11 is 1.46. The molecule has 21 heavy (non-hydrogen) atoms. The van der Waals surface area contributed by atoms with E-state index in [1.54, 1.807) is 12.6 Å². The van der Waals surface area contributed by atoms with E-state index in [0.717, 1.165) is 32.7 Å². The van der Waals surface area contributed by atoms with Crippen molar-refractivity contribution in [1.82, 2.24) is 14.8 Å². The number of morpholine rings is 1.